The summed E-state index contributed by atoms with van der Waals surface area (Å²) in [5.74, 6) is 0.678. The van der Waals surface area contributed by atoms with Gasteiger partial charge in [0.15, 0.2) is 0 Å². The number of aryl methyl sites for hydroxylation is 1. The summed E-state index contributed by atoms with van der Waals surface area (Å²) in [6.07, 6.45) is 4.77. The number of nitrogens with zero attached hydrogens (tertiary/aromatic N) is 1. The second kappa shape index (κ2) is 8.23. The molecule has 1 aromatic carbocycles. The number of hydrogen-bond acceptors (Lipinski definition) is 1. The molecule has 3 rings (SSSR count). The molecule has 0 radical (unpaired) electrons. The third-order valence-electron chi connectivity index (χ3n) is 3.93. The van der Waals surface area contributed by atoms with Gasteiger partial charge < -0.3 is 9.30 Å². The Morgan fingerprint density at radius 3 is 2.43 bits per heavy atom. The predicted molar refractivity (Wildman–Crippen MR) is 91.0 cm³/mol. The van der Waals surface area contributed by atoms with E-state index >= 15 is 0 Å². The standard InChI is InChI=1S/C16H21NO.C3H8/c1-2-9-17-15-6-4-3-5-14(15)12-16(17)13-7-10-18-11-8-13;1-3-2/h3-6,12-13H,2,7-11H2,1H3;3H2,1-2H3. The Labute approximate surface area is 129 Å². The van der Waals surface area contributed by atoms with Gasteiger partial charge in [-0.05, 0) is 36.8 Å². The van der Waals surface area contributed by atoms with Gasteiger partial charge in [0.2, 0.25) is 0 Å². The van der Waals surface area contributed by atoms with Crippen molar-refractivity contribution in [3.8, 4) is 0 Å². The first-order valence-corrected chi connectivity index (χ1v) is 8.47. The molecular formula is C19H29NO. The Morgan fingerprint density at radius 2 is 1.76 bits per heavy atom. The number of benzene rings is 1. The molecule has 1 aliphatic rings. The highest BCUT2D eigenvalue weighted by Crippen LogP contribution is 2.32. The summed E-state index contributed by atoms with van der Waals surface area (Å²) in [4.78, 5) is 0. The van der Waals surface area contributed by atoms with Gasteiger partial charge in [-0.2, -0.15) is 0 Å². The first kappa shape index (κ1) is 16.1. The SMILES string of the molecule is CCC.CCCn1c(C2CCOCC2)cc2ccccc21. The van der Waals surface area contributed by atoms with Gasteiger partial charge >= 0.3 is 0 Å². The maximum absolute atomic E-state index is 5.49. The highest BCUT2D eigenvalue weighted by atomic mass is 16.5. The molecule has 0 atom stereocenters. The van der Waals surface area contributed by atoms with Crippen molar-refractivity contribution < 1.29 is 4.74 Å². The highest BCUT2D eigenvalue weighted by Gasteiger charge is 2.20. The maximum atomic E-state index is 5.49. The van der Waals surface area contributed by atoms with E-state index in [1.54, 1.807) is 0 Å². The van der Waals surface area contributed by atoms with E-state index in [4.69, 9.17) is 4.74 Å². The van der Waals surface area contributed by atoms with E-state index in [1.165, 1.54) is 42.3 Å². The van der Waals surface area contributed by atoms with Crippen molar-refractivity contribution >= 4 is 10.9 Å². The van der Waals surface area contributed by atoms with Crippen LogP contribution in [0.2, 0.25) is 0 Å². The minimum absolute atomic E-state index is 0.678. The lowest BCUT2D eigenvalue weighted by Crippen LogP contribution is -2.17. The summed E-state index contributed by atoms with van der Waals surface area (Å²) in [6.45, 7) is 9.46. The molecule has 2 heteroatoms. The van der Waals surface area contributed by atoms with E-state index < -0.39 is 0 Å². The zero-order chi connectivity index (χ0) is 15.1. The van der Waals surface area contributed by atoms with Crippen molar-refractivity contribution in [2.45, 2.75) is 58.9 Å². The van der Waals surface area contributed by atoms with Crippen LogP contribution in [0.1, 0.15) is 58.1 Å². The average Bonchev–Trinajstić information content (AvgIpc) is 2.89. The van der Waals surface area contributed by atoms with Crippen molar-refractivity contribution in [2.75, 3.05) is 13.2 Å². The van der Waals surface area contributed by atoms with Crippen LogP contribution in [0.3, 0.4) is 0 Å². The molecule has 0 amide bonds. The molecule has 1 fully saturated rings. The molecule has 21 heavy (non-hydrogen) atoms. The van der Waals surface area contributed by atoms with Crippen LogP contribution >= 0.6 is 0 Å². The van der Waals surface area contributed by atoms with Crippen molar-refractivity contribution in [3.05, 3.63) is 36.0 Å². The van der Waals surface area contributed by atoms with Gasteiger partial charge in [0.05, 0.1) is 0 Å². The fourth-order valence-electron chi connectivity index (χ4n) is 3.04. The Morgan fingerprint density at radius 1 is 1.10 bits per heavy atom. The summed E-state index contributed by atoms with van der Waals surface area (Å²) in [5, 5.41) is 1.38. The average molecular weight is 287 g/mol. The normalized spacial score (nSPS) is 15.8. The van der Waals surface area contributed by atoms with Gasteiger partial charge in [-0.1, -0.05) is 45.4 Å². The lowest BCUT2D eigenvalue weighted by atomic mass is 9.96. The van der Waals surface area contributed by atoms with E-state index in [9.17, 15) is 0 Å². The minimum Gasteiger partial charge on any atom is -0.381 e. The quantitative estimate of drug-likeness (QED) is 0.741. The molecule has 1 aliphatic heterocycles. The third kappa shape index (κ3) is 3.88. The Balaban J connectivity index is 0.000000497. The largest absolute Gasteiger partial charge is 0.381 e. The van der Waals surface area contributed by atoms with Crippen LogP contribution in [0.5, 0.6) is 0 Å². The van der Waals surface area contributed by atoms with E-state index in [0.717, 1.165) is 19.8 Å². The summed E-state index contributed by atoms with van der Waals surface area (Å²) in [5.41, 5.74) is 2.90. The zero-order valence-electron chi connectivity index (χ0n) is 13.8. The Bertz CT molecular complexity index is 537. The Kier molecular flexibility index (Phi) is 6.31. The fourth-order valence-corrected chi connectivity index (χ4v) is 3.04. The van der Waals surface area contributed by atoms with E-state index in [-0.39, 0.29) is 0 Å². The van der Waals surface area contributed by atoms with Crippen LogP contribution < -0.4 is 0 Å². The molecular weight excluding hydrogens is 258 g/mol. The van der Waals surface area contributed by atoms with Crippen LogP contribution in [0.25, 0.3) is 10.9 Å². The topological polar surface area (TPSA) is 14.2 Å². The third-order valence-corrected chi connectivity index (χ3v) is 3.93. The Hall–Kier alpha value is -1.28. The summed E-state index contributed by atoms with van der Waals surface area (Å²) in [7, 11) is 0. The zero-order valence-corrected chi connectivity index (χ0v) is 13.8. The van der Waals surface area contributed by atoms with Crippen molar-refractivity contribution in [2.24, 2.45) is 0 Å². The predicted octanol–water partition coefficient (Wildman–Crippen LogP) is 5.36. The smallest absolute Gasteiger partial charge is 0.0482 e. The lowest BCUT2D eigenvalue weighted by Gasteiger charge is -2.24. The number of hydrogen-bond donors (Lipinski definition) is 0. The lowest BCUT2D eigenvalue weighted by molar-refractivity contribution is 0.0838. The molecule has 0 spiro atoms. The van der Waals surface area contributed by atoms with Gasteiger partial charge in [0.1, 0.15) is 0 Å². The number of aromatic nitrogens is 1. The highest BCUT2D eigenvalue weighted by molar-refractivity contribution is 5.81. The molecule has 116 valence electrons. The fraction of sp³-hybridized carbons (Fsp3) is 0.579. The van der Waals surface area contributed by atoms with Crippen molar-refractivity contribution in [1.29, 1.82) is 0 Å². The van der Waals surface area contributed by atoms with Gasteiger partial charge in [0.25, 0.3) is 0 Å². The monoisotopic (exact) mass is 287 g/mol. The number of para-hydroxylation sites is 1. The molecule has 2 aromatic rings. The second-order valence-electron chi connectivity index (χ2n) is 5.87. The number of rotatable bonds is 3. The molecule has 1 saturated heterocycles. The summed E-state index contributed by atoms with van der Waals surface area (Å²) < 4.78 is 8.01. The van der Waals surface area contributed by atoms with Crippen LogP contribution in [0, 0.1) is 0 Å². The molecule has 0 aliphatic carbocycles. The second-order valence-corrected chi connectivity index (χ2v) is 5.87. The maximum Gasteiger partial charge on any atom is 0.0482 e. The van der Waals surface area contributed by atoms with Gasteiger partial charge in [-0.3, -0.25) is 0 Å². The van der Waals surface area contributed by atoms with Crippen LogP contribution in [0.15, 0.2) is 30.3 Å². The van der Waals surface area contributed by atoms with Gasteiger partial charge in [-0.25, -0.2) is 0 Å². The van der Waals surface area contributed by atoms with Crippen molar-refractivity contribution in [1.82, 2.24) is 4.57 Å². The summed E-state index contributed by atoms with van der Waals surface area (Å²) >= 11 is 0. The molecule has 2 nitrogen and oxygen atoms in total. The van der Waals surface area contributed by atoms with Crippen LogP contribution in [0.4, 0.5) is 0 Å². The van der Waals surface area contributed by atoms with E-state index in [1.807, 2.05) is 0 Å². The number of ether oxygens (including phenoxy) is 1. The molecule has 0 unspecified atom stereocenters. The van der Waals surface area contributed by atoms with Crippen molar-refractivity contribution in [3.63, 3.8) is 0 Å². The van der Waals surface area contributed by atoms with E-state index in [0.29, 0.717) is 5.92 Å². The first-order chi connectivity index (χ1) is 10.3. The van der Waals surface area contributed by atoms with E-state index in [2.05, 4.69) is 55.7 Å². The molecule has 0 bridgehead atoms. The molecule has 1 aromatic heterocycles. The summed E-state index contributed by atoms with van der Waals surface area (Å²) in [6, 6.07) is 11.1. The molecule has 2 heterocycles. The van der Waals surface area contributed by atoms with Crippen LogP contribution in [-0.4, -0.2) is 17.8 Å². The number of fused-ring (bicyclic) bond motifs is 1. The van der Waals surface area contributed by atoms with Gasteiger partial charge in [-0.15, -0.1) is 0 Å². The molecule has 0 saturated carbocycles. The van der Waals surface area contributed by atoms with Gasteiger partial charge in [0, 0.05) is 36.9 Å². The first-order valence-electron chi connectivity index (χ1n) is 8.47. The minimum atomic E-state index is 0.678. The molecule has 0 N–H and O–H groups in total. The van der Waals surface area contributed by atoms with Crippen LogP contribution in [-0.2, 0) is 11.3 Å².